The van der Waals surface area contributed by atoms with Gasteiger partial charge >= 0.3 is 0 Å². The molecule has 8 heteroatoms. The monoisotopic (exact) mass is 369 g/mol. The predicted molar refractivity (Wildman–Crippen MR) is 97.4 cm³/mol. The van der Waals surface area contributed by atoms with Crippen molar-refractivity contribution < 1.29 is 14.3 Å². The average Bonchev–Trinajstić information content (AvgIpc) is 3.28. The molecule has 2 amide bonds. The fourth-order valence-corrected chi connectivity index (χ4v) is 3.67. The van der Waals surface area contributed by atoms with E-state index in [9.17, 15) is 9.59 Å². The van der Waals surface area contributed by atoms with Crippen molar-refractivity contribution in [1.82, 2.24) is 25.0 Å². The number of aromatic amines is 1. The number of carbonyl (C=O) groups excluding carboxylic acids is 2. The zero-order valence-corrected chi connectivity index (χ0v) is 15.1. The summed E-state index contributed by atoms with van der Waals surface area (Å²) in [5.41, 5.74) is 1.84. The second-order valence-corrected chi connectivity index (χ2v) is 6.91. The molecule has 0 saturated carbocycles. The van der Waals surface area contributed by atoms with E-state index in [0.29, 0.717) is 44.2 Å². The molecular weight excluding hydrogens is 346 g/mol. The highest BCUT2D eigenvalue weighted by atomic mass is 16.5. The van der Waals surface area contributed by atoms with Crippen LogP contribution in [-0.4, -0.2) is 76.2 Å². The number of nitrogens with zero attached hydrogens (tertiary/aromatic N) is 4. The highest BCUT2D eigenvalue weighted by Gasteiger charge is 2.28. The summed E-state index contributed by atoms with van der Waals surface area (Å²) in [6, 6.07) is 7.28. The minimum Gasteiger partial charge on any atom is -0.378 e. The van der Waals surface area contributed by atoms with Crippen LogP contribution in [0.4, 0.5) is 0 Å². The average molecular weight is 369 g/mol. The molecule has 0 aliphatic carbocycles. The molecule has 0 bridgehead atoms. The Labute approximate surface area is 157 Å². The summed E-state index contributed by atoms with van der Waals surface area (Å²) in [6.45, 7) is 3.65. The van der Waals surface area contributed by atoms with Crippen molar-refractivity contribution in [2.45, 2.75) is 18.8 Å². The Morgan fingerprint density at radius 3 is 2.70 bits per heavy atom. The van der Waals surface area contributed by atoms with Gasteiger partial charge in [0.2, 0.25) is 0 Å². The van der Waals surface area contributed by atoms with Crippen LogP contribution in [0.5, 0.6) is 0 Å². The second-order valence-electron chi connectivity index (χ2n) is 6.91. The number of amides is 2. The number of likely N-dealkylation sites (tertiary alicyclic amines) is 1. The maximum absolute atomic E-state index is 12.7. The van der Waals surface area contributed by atoms with E-state index in [2.05, 4.69) is 15.2 Å². The summed E-state index contributed by atoms with van der Waals surface area (Å²) in [6.07, 6.45) is 3.44. The largest absolute Gasteiger partial charge is 0.378 e. The molecule has 2 fully saturated rings. The fourth-order valence-electron chi connectivity index (χ4n) is 3.67. The molecule has 0 unspecified atom stereocenters. The topological polar surface area (TPSA) is 91.4 Å². The molecule has 2 saturated heterocycles. The number of rotatable bonds is 3. The van der Waals surface area contributed by atoms with Crippen LogP contribution in [-0.2, 0) is 4.74 Å². The number of nitrogens with one attached hydrogen (secondary N) is 1. The van der Waals surface area contributed by atoms with E-state index < -0.39 is 0 Å². The number of ether oxygens (including phenoxy) is 1. The van der Waals surface area contributed by atoms with Crippen molar-refractivity contribution >= 4 is 11.8 Å². The Kier molecular flexibility index (Phi) is 5.15. The lowest BCUT2D eigenvalue weighted by Gasteiger charge is -2.32. The molecule has 2 aliphatic rings. The van der Waals surface area contributed by atoms with Gasteiger partial charge in [-0.15, -0.1) is 0 Å². The molecule has 2 aliphatic heterocycles. The van der Waals surface area contributed by atoms with Gasteiger partial charge in [0.25, 0.3) is 11.8 Å². The van der Waals surface area contributed by atoms with Gasteiger partial charge in [-0.25, -0.2) is 4.98 Å². The number of piperidine rings is 1. The van der Waals surface area contributed by atoms with E-state index in [0.717, 1.165) is 25.1 Å². The van der Waals surface area contributed by atoms with E-state index in [-0.39, 0.29) is 17.7 Å². The van der Waals surface area contributed by atoms with Gasteiger partial charge in [-0.05, 0) is 31.0 Å². The van der Waals surface area contributed by atoms with E-state index in [1.54, 1.807) is 23.2 Å². The quantitative estimate of drug-likeness (QED) is 0.880. The third-order valence-electron chi connectivity index (χ3n) is 5.15. The van der Waals surface area contributed by atoms with Gasteiger partial charge in [-0.1, -0.05) is 6.07 Å². The number of hydrogen-bond donors (Lipinski definition) is 1. The number of aromatic nitrogens is 3. The first-order valence-corrected chi connectivity index (χ1v) is 9.35. The van der Waals surface area contributed by atoms with E-state index in [4.69, 9.17) is 4.74 Å². The second kappa shape index (κ2) is 7.87. The van der Waals surface area contributed by atoms with Gasteiger partial charge in [-0.3, -0.25) is 14.7 Å². The van der Waals surface area contributed by atoms with Crippen LogP contribution >= 0.6 is 0 Å². The zero-order valence-electron chi connectivity index (χ0n) is 15.1. The normalized spacial score (nSPS) is 20.5. The molecule has 2 aromatic rings. The molecule has 1 N–H and O–H groups in total. The molecule has 1 atom stereocenters. The maximum Gasteiger partial charge on any atom is 0.272 e. The van der Waals surface area contributed by atoms with Crippen LogP contribution in [0.15, 0.2) is 30.5 Å². The number of pyridine rings is 1. The van der Waals surface area contributed by atoms with Crippen molar-refractivity contribution in [2.75, 3.05) is 39.4 Å². The fraction of sp³-hybridized carbons (Fsp3) is 0.474. The Balaban J connectivity index is 1.48. The summed E-state index contributed by atoms with van der Waals surface area (Å²) in [5.74, 6) is 0.0298. The van der Waals surface area contributed by atoms with Gasteiger partial charge < -0.3 is 14.5 Å². The third-order valence-corrected chi connectivity index (χ3v) is 5.15. The minimum absolute atomic E-state index is 0.0438. The zero-order chi connectivity index (χ0) is 18.6. The molecule has 0 aromatic carbocycles. The van der Waals surface area contributed by atoms with Crippen molar-refractivity contribution in [1.29, 1.82) is 0 Å². The molecule has 8 nitrogen and oxygen atoms in total. The summed E-state index contributed by atoms with van der Waals surface area (Å²) in [4.78, 5) is 33.5. The Morgan fingerprint density at radius 2 is 1.93 bits per heavy atom. The molecular formula is C19H23N5O3. The van der Waals surface area contributed by atoms with Crippen molar-refractivity contribution in [3.63, 3.8) is 0 Å². The highest BCUT2D eigenvalue weighted by molar-refractivity contribution is 5.93. The lowest BCUT2D eigenvalue weighted by Crippen LogP contribution is -2.41. The molecule has 2 aromatic heterocycles. The lowest BCUT2D eigenvalue weighted by atomic mass is 9.94. The van der Waals surface area contributed by atoms with Gasteiger partial charge in [-0.2, -0.15) is 5.10 Å². The number of carbonyl (C=O) groups is 2. The van der Waals surface area contributed by atoms with Crippen LogP contribution in [0.1, 0.15) is 45.4 Å². The van der Waals surface area contributed by atoms with Crippen LogP contribution in [0.2, 0.25) is 0 Å². The lowest BCUT2D eigenvalue weighted by molar-refractivity contribution is 0.0298. The maximum atomic E-state index is 12.7. The molecule has 142 valence electrons. The number of H-pyrrole nitrogens is 1. The van der Waals surface area contributed by atoms with Gasteiger partial charge in [0, 0.05) is 44.0 Å². The smallest absolute Gasteiger partial charge is 0.272 e. The van der Waals surface area contributed by atoms with E-state index >= 15 is 0 Å². The highest BCUT2D eigenvalue weighted by Crippen LogP contribution is 2.26. The molecule has 4 heterocycles. The number of hydrogen-bond acceptors (Lipinski definition) is 5. The van der Waals surface area contributed by atoms with Gasteiger partial charge in [0.1, 0.15) is 11.4 Å². The summed E-state index contributed by atoms with van der Waals surface area (Å²) < 4.78 is 5.31. The minimum atomic E-state index is -0.0543. The Morgan fingerprint density at radius 1 is 1.07 bits per heavy atom. The summed E-state index contributed by atoms with van der Waals surface area (Å²) in [5, 5.41) is 6.59. The predicted octanol–water partition coefficient (Wildman–Crippen LogP) is 1.30. The van der Waals surface area contributed by atoms with Crippen molar-refractivity contribution in [3.8, 4) is 0 Å². The Hall–Kier alpha value is -2.74. The van der Waals surface area contributed by atoms with Crippen molar-refractivity contribution in [3.05, 3.63) is 47.5 Å². The number of morpholine rings is 1. The summed E-state index contributed by atoms with van der Waals surface area (Å²) >= 11 is 0. The van der Waals surface area contributed by atoms with E-state index in [1.807, 2.05) is 17.0 Å². The molecule has 4 rings (SSSR count). The third kappa shape index (κ3) is 3.85. The molecule has 27 heavy (non-hydrogen) atoms. The van der Waals surface area contributed by atoms with Crippen LogP contribution in [0.3, 0.4) is 0 Å². The van der Waals surface area contributed by atoms with Gasteiger partial charge in [0.05, 0.1) is 13.2 Å². The van der Waals surface area contributed by atoms with Crippen LogP contribution < -0.4 is 0 Å². The van der Waals surface area contributed by atoms with E-state index in [1.165, 1.54) is 0 Å². The Bertz CT molecular complexity index is 801. The van der Waals surface area contributed by atoms with Gasteiger partial charge in [0.15, 0.2) is 0 Å². The SMILES string of the molecule is O=C(c1cccc([C@H]2CCCN(C(=O)c3ccn[nH]3)C2)n1)N1CCOCC1. The summed E-state index contributed by atoms with van der Waals surface area (Å²) in [7, 11) is 0. The first-order chi connectivity index (χ1) is 13.2. The molecule has 0 radical (unpaired) electrons. The first-order valence-electron chi connectivity index (χ1n) is 9.35. The van der Waals surface area contributed by atoms with Crippen LogP contribution in [0, 0.1) is 0 Å². The standard InChI is InChI=1S/C19H23N5O3/c25-18(23-9-11-27-12-10-23)16-5-1-4-15(21-16)14-3-2-8-24(13-14)19(26)17-6-7-20-22-17/h1,4-7,14H,2-3,8-13H2,(H,20,22)/t14-/m0/s1. The van der Waals surface area contributed by atoms with Crippen molar-refractivity contribution in [2.24, 2.45) is 0 Å². The molecule has 0 spiro atoms. The van der Waals surface area contributed by atoms with Crippen LogP contribution in [0.25, 0.3) is 0 Å². The first kappa shape index (κ1) is 17.7.